The first-order valence-corrected chi connectivity index (χ1v) is 9.71. The van der Waals surface area contributed by atoms with Gasteiger partial charge in [0.05, 0.1) is 0 Å². The Morgan fingerprint density at radius 3 is 1.47 bits per heavy atom. The van der Waals surface area contributed by atoms with E-state index in [2.05, 4.69) is 12.1 Å². The van der Waals surface area contributed by atoms with Crippen LogP contribution in [0.15, 0.2) is 114 Å². The number of aromatic hydroxyl groups is 1. The third kappa shape index (κ3) is 4.39. The van der Waals surface area contributed by atoms with Crippen LogP contribution >= 0.6 is 0 Å². The van der Waals surface area contributed by atoms with Crippen LogP contribution in [0.25, 0.3) is 10.9 Å². The van der Waals surface area contributed by atoms with Crippen molar-refractivity contribution >= 4 is 29.8 Å². The van der Waals surface area contributed by atoms with Gasteiger partial charge in [0, 0.05) is 0 Å². The average Bonchev–Trinajstić information content (AvgIpc) is 2.78. The zero-order valence-corrected chi connectivity index (χ0v) is 16.3. The number of carbonyl (C=O) groups is 2. The molecule has 0 atom stereocenters. The van der Waals surface area contributed by atoms with Crippen LogP contribution < -0.4 is 0 Å². The molecule has 0 saturated carbocycles. The number of benzene rings is 2. The van der Waals surface area contributed by atoms with E-state index in [1.807, 2.05) is 54.6 Å². The highest BCUT2D eigenvalue weighted by Gasteiger charge is 2.17. The molecule has 0 amide bonds. The molecule has 0 spiro atoms. The molecule has 4 heteroatoms. The van der Waals surface area contributed by atoms with Crippen molar-refractivity contribution < 1.29 is 14.7 Å². The highest BCUT2D eigenvalue weighted by atomic mass is 16.3. The molecule has 1 N–H and O–H groups in total. The van der Waals surface area contributed by atoms with Crippen molar-refractivity contribution in [2.75, 3.05) is 0 Å². The number of phenols is 1. The number of hydrogen-bond acceptors (Lipinski definition) is 3. The van der Waals surface area contributed by atoms with Gasteiger partial charge in [0.15, 0.2) is 18.8 Å². The first-order chi connectivity index (χ1) is 14.6. The quantitative estimate of drug-likeness (QED) is 0.791. The molecule has 0 aromatic heterocycles. The topological polar surface area (TPSA) is 54.4 Å². The number of carbonyl (C=O) groups excluding carboxylic acids is 2. The summed E-state index contributed by atoms with van der Waals surface area (Å²) in [6.07, 6.45) is 13.6. The highest BCUT2D eigenvalue weighted by molar-refractivity contribution is 6.79. The summed E-state index contributed by atoms with van der Waals surface area (Å²) < 4.78 is 0. The maximum Gasteiger partial charge on any atom is 0.195 e. The van der Waals surface area contributed by atoms with Crippen LogP contribution in [0.2, 0.25) is 0 Å². The molecule has 2 aliphatic rings. The molecule has 2 aromatic carbocycles. The molecule has 0 unspecified atom stereocenters. The minimum Gasteiger partial charge on any atom is -0.508 e. The summed E-state index contributed by atoms with van der Waals surface area (Å²) in [5.41, 5.74) is 6.03. The second-order valence-corrected chi connectivity index (χ2v) is 7.10. The SMILES string of the molecule is O=C1C=CC(=C(BC(=C2C=CC(=O)C=C2)c2ccc(O)cc2)c2ccccc2)C=C1. The van der Waals surface area contributed by atoms with Crippen LogP contribution in [-0.2, 0) is 9.59 Å². The van der Waals surface area contributed by atoms with Crippen LogP contribution in [0.4, 0.5) is 0 Å². The molecule has 2 aliphatic carbocycles. The van der Waals surface area contributed by atoms with E-state index in [1.165, 1.54) is 0 Å². The van der Waals surface area contributed by atoms with Crippen LogP contribution in [0.3, 0.4) is 0 Å². The lowest BCUT2D eigenvalue weighted by Gasteiger charge is -2.17. The Hall–Kier alpha value is -3.92. The molecule has 144 valence electrons. The van der Waals surface area contributed by atoms with Crippen LogP contribution in [0, 0.1) is 0 Å². The number of phenolic OH excluding ortho intramolecular Hbond substituents is 1. The minimum atomic E-state index is -0.0397. The Morgan fingerprint density at radius 2 is 1.00 bits per heavy atom. The molecule has 0 bridgehead atoms. The van der Waals surface area contributed by atoms with E-state index < -0.39 is 0 Å². The fourth-order valence-corrected chi connectivity index (χ4v) is 3.53. The summed E-state index contributed by atoms with van der Waals surface area (Å²) in [6.45, 7) is 0. The Kier molecular flexibility index (Phi) is 5.58. The van der Waals surface area contributed by atoms with Gasteiger partial charge in [-0.15, -0.1) is 0 Å². The molecule has 4 rings (SSSR count). The van der Waals surface area contributed by atoms with E-state index in [1.54, 1.807) is 36.4 Å². The summed E-state index contributed by atoms with van der Waals surface area (Å²) in [7, 11) is 0.588. The summed E-state index contributed by atoms with van der Waals surface area (Å²) in [5.74, 6) is 0.133. The van der Waals surface area contributed by atoms with Gasteiger partial charge in [-0.2, -0.15) is 0 Å². The van der Waals surface area contributed by atoms with Gasteiger partial charge in [-0.25, -0.2) is 0 Å². The smallest absolute Gasteiger partial charge is 0.195 e. The normalized spacial score (nSPS) is 14.9. The van der Waals surface area contributed by atoms with E-state index in [0.29, 0.717) is 7.28 Å². The third-order valence-corrected chi connectivity index (χ3v) is 5.10. The van der Waals surface area contributed by atoms with Gasteiger partial charge in [0.25, 0.3) is 0 Å². The van der Waals surface area contributed by atoms with E-state index in [4.69, 9.17) is 0 Å². The number of rotatable bonds is 4. The fourth-order valence-electron chi connectivity index (χ4n) is 3.53. The second-order valence-electron chi connectivity index (χ2n) is 7.10. The third-order valence-electron chi connectivity index (χ3n) is 5.10. The first kappa shape index (κ1) is 19.4. The lowest BCUT2D eigenvalue weighted by atomic mass is 9.55. The van der Waals surface area contributed by atoms with Crippen molar-refractivity contribution in [1.29, 1.82) is 0 Å². The molecule has 3 nitrogen and oxygen atoms in total. The Bertz CT molecular complexity index is 1140. The van der Waals surface area contributed by atoms with Gasteiger partial charge in [-0.3, -0.25) is 9.59 Å². The zero-order chi connectivity index (χ0) is 20.9. The number of ketones is 2. The van der Waals surface area contributed by atoms with Crippen LogP contribution in [-0.4, -0.2) is 24.0 Å². The van der Waals surface area contributed by atoms with Crippen molar-refractivity contribution in [1.82, 2.24) is 0 Å². The molecular weight excluding hydrogens is 371 g/mol. The summed E-state index contributed by atoms with van der Waals surface area (Å²) >= 11 is 0. The lowest BCUT2D eigenvalue weighted by molar-refractivity contribution is -0.111. The lowest BCUT2D eigenvalue weighted by Crippen LogP contribution is -2.07. The molecule has 0 fully saturated rings. The van der Waals surface area contributed by atoms with E-state index in [9.17, 15) is 14.7 Å². The van der Waals surface area contributed by atoms with Crippen LogP contribution in [0.1, 0.15) is 11.1 Å². The van der Waals surface area contributed by atoms with E-state index >= 15 is 0 Å². The Labute approximate surface area is 176 Å². The van der Waals surface area contributed by atoms with Crippen molar-refractivity contribution in [2.45, 2.75) is 0 Å². The van der Waals surface area contributed by atoms with Gasteiger partial charge in [0.2, 0.25) is 0 Å². The van der Waals surface area contributed by atoms with E-state index in [0.717, 1.165) is 33.2 Å². The predicted octanol–water partition coefficient (Wildman–Crippen LogP) is 4.34. The number of hydrogen-bond donors (Lipinski definition) is 1. The molecule has 0 aliphatic heterocycles. The molecule has 30 heavy (non-hydrogen) atoms. The predicted molar refractivity (Wildman–Crippen MR) is 122 cm³/mol. The average molecular weight is 390 g/mol. The zero-order valence-electron chi connectivity index (χ0n) is 16.3. The van der Waals surface area contributed by atoms with Gasteiger partial charge in [-0.1, -0.05) is 77.7 Å². The van der Waals surface area contributed by atoms with Gasteiger partial charge in [-0.05, 0) is 58.7 Å². The largest absolute Gasteiger partial charge is 0.508 e. The van der Waals surface area contributed by atoms with Gasteiger partial charge >= 0.3 is 0 Å². The van der Waals surface area contributed by atoms with Gasteiger partial charge < -0.3 is 5.11 Å². The molecule has 0 saturated heterocycles. The standard InChI is InChI=1S/C26H19BO3/c28-22-12-6-19(7-13-22)25(18-4-2-1-3-5-18)27-26(20-8-14-23(29)15-9-20)21-10-16-24(30)17-11-21/h1-17,27,29H. The monoisotopic (exact) mass is 390 g/mol. The van der Waals surface area contributed by atoms with Crippen molar-refractivity contribution in [3.63, 3.8) is 0 Å². The Morgan fingerprint density at radius 1 is 0.567 bits per heavy atom. The molecular formula is C26H19BO3. The first-order valence-electron chi connectivity index (χ1n) is 9.71. The van der Waals surface area contributed by atoms with Crippen molar-refractivity contribution in [2.24, 2.45) is 0 Å². The van der Waals surface area contributed by atoms with Gasteiger partial charge in [0.1, 0.15) is 5.75 Å². The Balaban J connectivity index is 1.87. The summed E-state index contributed by atoms with van der Waals surface area (Å²) in [6, 6.07) is 17.1. The van der Waals surface area contributed by atoms with Crippen LogP contribution in [0.5, 0.6) is 5.75 Å². The molecule has 2 aromatic rings. The molecule has 0 radical (unpaired) electrons. The maximum atomic E-state index is 11.6. The van der Waals surface area contributed by atoms with E-state index in [-0.39, 0.29) is 17.3 Å². The maximum absolute atomic E-state index is 11.6. The second kappa shape index (κ2) is 8.62. The summed E-state index contributed by atoms with van der Waals surface area (Å²) in [5, 5.41) is 9.72. The van der Waals surface area contributed by atoms with Crippen molar-refractivity contribution in [3.8, 4) is 5.75 Å². The van der Waals surface area contributed by atoms with Crippen molar-refractivity contribution in [3.05, 3.63) is 125 Å². The number of allylic oxidation sites excluding steroid dienone is 10. The summed E-state index contributed by atoms with van der Waals surface area (Å²) in [4.78, 5) is 23.3. The minimum absolute atomic E-state index is 0.0278. The highest BCUT2D eigenvalue weighted by Crippen LogP contribution is 2.30. The fraction of sp³-hybridized carbons (Fsp3) is 0. The molecule has 0 heterocycles.